The zero-order valence-corrected chi connectivity index (χ0v) is 19.3. The predicted octanol–water partition coefficient (Wildman–Crippen LogP) is 2.57. The number of amides is 2. The number of hydrogen-bond donors (Lipinski definition) is 1. The van der Waals surface area contributed by atoms with Gasteiger partial charge in [-0.25, -0.2) is 9.97 Å². The Morgan fingerprint density at radius 1 is 1.27 bits per heavy atom. The second-order valence-corrected chi connectivity index (χ2v) is 7.97. The fraction of sp³-hybridized carbons (Fsp3) is 0.391. The first-order chi connectivity index (χ1) is 16.0. The van der Waals surface area contributed by atoms with Gasteiger partial charge in [0.2, 0.25) is 6.41 Å². The van der Waals surface area contributed by atoms with Crippen LogP contribution < -0.4 is 15.1 Å². The summed E-state index contributed by atoms with van der Waals surface area (Å²) in [7, 11) is 1.82. The van der Waals surface area contributed by atoms with Gasteiger partial charge in [0.1, 0.15) is 23.7 Å². The fourth-order valence-electron chi connectivity index (χ4n) is 3.93. The van der Waals surface area contributed by atoms with Gasteiger partial charge in [0.25, 0.3) is 5.91 Å². The molecule has 0 bridgehead atoms. The third kappa shape index (κ3) is 4.09. The Balaban J connectivity index is 1.72. The number of hydrogen-bond acceptors (Lipinski definition) is 7. The zero-order chi connectivity index (χ0) is 23.5. The highest BCUT2D eigenvalue weighted by Gasteiger charge is 2.33. The summed E-state index contributed by atoms with van der Waals surface area (Å²) in [5.41, 5.74) is 2.78. The van der Waals surface area contributed by atoms with E-state index in [0.29, 0.717) is 48.4 Å². The number of anilines is 2. The lowest BCUT2D eigenvalue weighted by atomic mass is 10.1. The molecule has 0 aromatic carbocycles. The van der Waals surface area contributed by atoms with Crippen LogP contribution in [-0.4, -0.2) is 50.6 Å². The van der Waals surface area contributed by atoms with E-state index in [9.17, 15) is 9.59 Å². The van der Waals surface area contributed by atoms with Crippen molar-refractivity contribution in [2.24, 2.45) is 0 Å². The lowest BCUT2D eigenvalue weighted by Gasteiger charge is -2.17. The molecule has 0 aliphatic carbocycles. The van der Waals surface area contributed by atoms with Crippen molar-refractivity contribution >= 4 is 24.0 Å². The quantitative estimate of drug-likeness (QED) is 0.501. The second-order valence-electron chi connectivity index (χ2n) is 7.97. The van der Waals surface area contributed by atoms with Crippen molar-refractivity contribution in [3.63, 3.8) is 0 Å². The standard InChI is InChI=1S/C23H28N8O2/c1-5-15(3)31-13-25-28-22(31)18-8-7-9-20(26-18)30-12-17-16(23(30)33)10-21(29(6-2)14-32)27-19(17)11-24-4/h7-10,13-15,24H,5-6,11-12H2,1-4H3/t15-/m0/s1. The predicted molar refractivity (Wildman–Crippen MR) is 125 cm³/mol. The van der Waals surface area contributed by atoms with E-state index in [1.807, 2.05) is 36.7 Å². The molecule has 0 saturated heterocycles. The van der Waals surface area contributed by atoms with Crippen molar-refractivity contribution < 1.29 is 9.59 Å². The van der Waals surface area contributed by atoms with E-state index in [0.717, 1.165) is 24.1 Å². The summed E-state index contributed by atoms with van der Waals surface area (Å²) in [6.45, 7) is 7.38. The van der Waals surface area contributed by atoms with Crippen LogP contribution in [0.4, 0.5) is 11.6 Å². The maximum Gasteiger partial charge on any atom is 0.260 e. The average Bonchev–Trinajstić information content (AvgIpc) is 3.45. The molecule has 0 unspecified atom stereocenters. The first kappa shape index (κ1) is 22.5. The van der Waals surface area contributed by atoms with Crippen molar-refractivity contribution in [3.8, 4) is 11.5 Å². The van der Waals surface area contributed by atoms with Crippen LogP contribution in [0.25, 0.3) is 11.5 Å². The summed E-state index contributed by atoms with van der Waals surface area (Å²) in [6.07, 6.45) is 3.37. The van der Waals surface area contributed by atoms with Crippen LogP contribution in [-0.2, 0) is 17.9 Å². The number of carbonyl (C=O) groups is 2. The molecule has 10 nitrogen and oxygen atoms in total. The molecule has 0 saturated carbocycles. The molecule has 0 spiro atoms. The maximum atomic E-state index is 13.4. The van der Waals surface area contributed by atoms with Gasteiger partial charge in [-0.1, -0.05) is 13.0 Å². The molecule has 1 aliphatic heterocycles. The fourth-order valence-corrected chi connectivity index (χ4v) is 3.93. The minimum atomic E-state index is -0.166. The Morgan fingerprint density at radius 3 is 2.79 bits per heavy atom. The molecule has 1 N–H and O–H groups in total. The average molecular weight is 449 g/mol. The van der Waals surface area contributed by atoms with Gasteiger partial charge < -0.3 is 9.88 Å². The number of rotatable bonds is 9. The largest absolute Gasteiger partial charge is 0.314 e. The molecule has 1 atom stereocenters. The molecule has 3 aromatic heterocycles. The highest BCUT2D eigenvalue weighted by Crippen LogP contribution is 2.32. The van der Waals surface area contributed by atoms with Gasteiger partial charge in [0.15, 0.2) is 5.82 Å². The molecule has 10 heteroatoms. The van der Waals surface area contributed by atoms with E-state index >= 15 is 0 Å². The highest BCUT2D eigenvalue weighted by atomic mass is 16.2. The molecule has 172 valence electrons. The summed E-state index contributed by atoms with van der Waals surface area (Å²) >= 11 is 0. The smallest absolute Gasteiger partial charge is 0.260 e. The minimum absolute atomic E-state index is 0.166. The van der Waals surface area contributed by atoms with Crippen LogP contribution in [0, 0.1) is 0 Å². The molecule has 4 heterocycles. The first-order valence-corrected chi connectivity index (χ1v) is 11.1. The maximum absolute atomic E-state index is 13.4. The Morgan fingerprint density at radius 2 is 2.09 bits per heavy atom. The van der Waals surface area contributed by atoms with Gasteiger partial charge in [0, 0.05) is 24.7 Å². The normalized spacial score (nSPS) is 13.8. The van der Waals surface area contributed by atoms with Crippen molar-refractivity contribution in [1.29, 1.82) is 0 Å². The lowest BCUT2D eigenvalue weighted by molar-refractivity contribution is -0.107. The van der Waals surface area contributed by atoms with Crippen molar-refractivity contribution in [2.45, 2.75) is 46.3 Å². The molecule has 2 amide bonds. The van der Waals surface area contributed by atoms with Gasteiger partial charge in [-0.2, -0.15) is 0 Å². The molecule has 4 rings (SSSR count). The monoisotopic (exact) mass is 448 g/mol. The van der Waals surface area contributed by atoms with Crippen LogP contribution in [0.5, 0.6) is 0 Å². The molecular formula is C23H28N8O2. The van der Waals surface area contributed by atoms with Gasteiger partial charge in [-0.05, 0) is 45.5 Å². The molecular weight excluding hydrogens is 420 g/mol. The molecule has 0 fully saturated rings. The molecule has 3 aromatic rings. The Labute approximate surface area is 192 Å². The van der Waals surface area contributed by atoms with Gasteiger partial charge in [-0.15, -0.1) is 10.2 Å². The first-order valence-electron chi connectivity index (χ1n) is 11.1. The van der Waals surface area contributed by atoms with Crippen molar-refractivity contribution in [2.75, 3.05) is 23.4 Å². The Kier molecular flexibility index (Phi) is 6.45. The van der Waals surface area contributed by atoms with E-state index in [1.54, 1.807) is 17.3 Å². The molecule has 33 heavy (non-hydrogen) atoms. The van der Waals surface area contributed by atoms with E-state index < -0.39 is 0 Å². The summed E-state index contributed by atoms with van der Waals surface area (Å²) in [6, 6.07) is 7.47. The number of nitrogens with one attached hydrogen (secondary N) is 1. The van der Waals surface area contributed by atoms with Crippen LogP contribution in [0.1, 0.15) is 54.8 Å². The Bertz CT molecular complexity index is 1180. The van der Waals surface area contributed by atoms with E-state index in [1.165, 1.54) is 4.90 Å². The number of pyridine rings is 2. The summed E-state index contributed by atoms with van der Waals surface area (Å²) in [5.74, 6) is 1.50. The molecule has 0 radical (unpaired) electrons. The van der Waals surface area contributed by atoms with Gasteiger partial charge in [-0.3, -0.25) is 19.4 Å². The van der Waals surface area contributed by atoms with E-state index in [2.05, 4.69) is 34.3 Å². The lowest BCUT2D eigenvalue weighted by Crippen LogP contribution is -2.24. The SMILES string of the molecule is CC[C@H](C)n1cnnc1-c1cccc(N2Cc3c(cc(N(C=O)CC)nc3CNC)C2=O)n1. The number of nitrogens with zero attached hydrogens (tertiary/aromatic N) is 7. The summed E-state index contributed by atoms with van der Waals surface area (Å²) < 4.78 is 1.99. The van der Waals surface area contributed by atoms with Crippen LogP contribution in [0.2, 0.25) is 0 Å². The third-order valence-electron chi connectivity index (χ3n) is 5.97. The van der Waals surface area contributed by atoms with Crippen LogP contribution in [0.15, 0.2) is 30.6 Å². The Hall–Kier alpha value is -3.66. The van der Waals surface area contributed by atoms with Gasteiger partial charge >= 0.3 is 0 Å². The van der Waals surface area contributed by atoms with Gasteiger partial charge in [0.05, 0.1) is 17.8 Å². The minimum Gasteiger partial charge on any atom is -0.314 e. The van der Waals surface area contributed by atoms with Crippen molar-refractivity contribution in [1.82, 2.24) is 30.0 Å². The number of fused-ring (bicyclic) bond motifs is 1. The summed E-state index contributed by atoms with van der Waals surface area (Å²) in [4.78, 5) is 37.4. The van der Waals surface area contributed by atoms with E-state index in [4.69, 9.17) is 4.98 Å². The zero-order valence-electron chi connectivity index (χ0n) is 19.3. The number of carbonyl (C=O) groups excluding carboxylic acids is 2. The highest BCUT2D eigenvalue weighted by molar-refractivity contribution is 6.10. The third-order valence-corrected chi connectivity index (χ3v) is 5.97. The van der Waals surface area contributed by atoms with Crippen LogP contribution >= 0.6 is 0 Å². The molecule has 1 aliphatic rings. The van der Waals surface area contributed by atoms with E-state index in [-0.39, 0.29) is 11.9 Å². The summed E-state index contributed by atoms with van der Waals surface area (Å²) in [5, 5.41) is 11.4. The van der Waals surface area contributed by atoms with Crippen molar-refractivity contribution in [3.05, 3.63) is 47.4 Å². The number of aromatic nitrogens is 5. The second kappa shape index (κ2) is 9.45. The topological polar surface area (TPSA) is 109 Å². The van der Waals surface area contributed by atoms with Crippen LogP contribution in [0.3, 0.4) is 0 Å².